The molecule has 2 aliphatic rings. The van der Waals surface area contributed by atoms with Crippen LogP contribution in [0.3, 0.4) is 0 Å². The first-order valence-corrected chi connectivity index (χ1v) is 5.22. The lowest BCUT2D eigenvalue weighted by atomic mass is 9.85. The molecule has 2 nitrogen and oxygen atoms in total. The lowest BCUT2D eigenvalue weighted by Gasteiger charge is -2.19. The van der Waals surface area contributed by atoms with Crippen molar-refractivity contribution in [3.05, 3.63) is 35.4 Å². The molecule has 0 bridgehead atoms. The van der Waals surface area contributed by atoms with Crippen LogP contribution in [0, 0.1) is 0 Å². The van der Waals surface area contributed by atoms with E-state index in [-0.39, 0.29) is 7.05 Å². The van der Waals surface area contributed by atoms with E-state index >= 15 is 0 Å². The predicted octanol–water partition coefficient (Wildman–Crippen LogP) is 1.73. The zero-order chi connectivity index (χ0) is 9.71. The molecule has 14 heavy (non-hydrogen) atoms. The number of nitrogens with zero attached hydrogens (tertiary/aromatic N) is 1. The molecule has 0 spiro atoms. The second-order valence-corrected chi connectivity index (χ2v) is 4.29. The molecule has 0 N–H and O–H groups in total. The van der Waals surface area contributed by atoms with Gasteiger partial charge in [0, 0.05) is 0 Å². The summed E-state index contributed by atoms with van der Waals surface area (Å²) >= 11 is 0. The molecule has 1 aromatic carbocycles. The normalized spacial score (nSPS) is 30.6. The minimum Gasteiger partial charge on any atom is -0.416 e. The average molecular weight is 187 g/mol. The van der Waals surface area contributed by atoms with Gasteiger partial charge in [-0.1, -0.05) is 24.3 Å². The SMILES string of the molecule is CB1O[C@H]2Cc3ccccc3[C@H]2N1C. The summed E-state index contributed by atoms with van der Waals surface area (Å²) in [7, 11) is 2.41. The average Bonchev–Trinajstić information content (AvgIpc) is 2.65. The Morgan fingerprint density at radius 2 is 2.21 bits per heavy atom. The number of fused-ring (bicyclic) bond motifs is 3. The quantitative estimate of drug-likeness (QED) is 0.573. The molecule has 1 fully saturated rings. The van der Waals surface area contributed by atoms with Gasteiger partial charge in [-0.05, 0) is 31.4 Å². The zero-order valence-electron chi connectivity index (χ0n) is 8.60. The Morgan fingerprint density at radius 3 is 3.07 bits per heavy atom. The van der Waals surface area contributed by atoms with E-state index in [9.17, 15) is 0 Å². The maximum absolute atomic E-state index is 5.91. The first-order valence-electron chi connectivity index (χ1n) is 5.22. The Hall–Kier alpha value is -0.795. The number of likely N-dealkylation sites (N-methyl/N-ethyl adjacent to an activating group) is 1. The van der Waals surface area contributed by atoms with E-state index in [4.69, 9.17) is 4.65 Å². The number of hydrogen-bond acceptors (Lipinski definition) is 2. The third-order valence-corrected chi connectivity index (χ3v) is 3.53. The molecule has 72 valence electrons. The van der Waals surface area contributed by atoms with Gasteiger partial charge in [-0.3, -0.25) is 0 Å². The van der Waals surface area contributed by atoms with E-state index in [0.717, 1.165) is 6.42 Å². The van der Waals surface area contributed by atoms with E-state index in [2.05, 4.69) is 42.9 Å². The molecular weight excluding hydrogens is 173 g/mol. The summed E-state index contributed by atoms with van der Waals surface area (Å²) in [5, 5.41) is 0. The molecular formula is C11H14BNO. The van der Waals surface area contributed by atoms with Gasteiger partial charge in [0.2, 0.25) is 0 Å². The monoisotopic (exact) mass is 187 g/mol. The first-order chi connectivity index (χ1) is 6.77. The van der Waals surface area contributed by atoms with E-state index < -0.39 is 0 Å². The Balaban J connectivity index is 2.05. The van der Waals surface area contributed by atoms with Gasteiger partial charge in [0.15, 0.2) is 0 Å². The Morgan fingerprint density at radius 1 is 1.43 bits per heavy atom. The van der Waals surface area contributed by atoms with Crippen molar-refractivity contribution in [3.63, 3.8) is 0 Å². The molecule has 0 saturated carbocycles. The van der Waals surface area contributed by atoms with Crippen molar-refractivity contribution in [3.8, 4) is 0 Å². The van der Waals surface area contributed by atoms with Crippen molar-refractivity contribution in [1.29, 1.82) is 0 Å². The number of hydrogen-bond donors (Lipinski definition) is 0. The summed E-state index contributed by atoms with van der Waals surface area (Å²) < 4.78 is 5.91. The molecule has 1 aliphatic carbocycles. The highest BCUT2D eigenvalue weighted by Crippen LogP contribution is 2.41. The van der Waals surface area contributed by atoms with Crippen LogP contribution in [-0.4, -0.2) is 25.0 Å². The fourth-order valence-corrected chi connectivity index (χ4v) is 2.72. The highest BCUT2D eigenvalue weighted by Gasteiger charge is 2.45. The molecule has 1 saturated heterocycles. The summed E-state index contributed by atoms with van der Waals surface area (Å²) in [6, 6.07) is 9.18. The van der Waals surface area contributed by atoms with E-state index in [1.54, 1.807) is 0 Å². The van der Waals surface area contributed by atoms with Crippen molar-refractivity contribution in [2.45, 2.75) is 25.4 Å². The van der Waals surface area contributed by atoms with Gasteiger partial charge >= 0.3 is 7.05 Å². The van der Waals surface area contributed by atoms with Crippen molar-refractivity contribution >= 4 is 7.05 Å². The summed E-state index contributed by atoms with van der Waals surface area (Å²) in [4.78, 5) is 2.33. The van der Waals surface area contributed by atoms with Crippen LogP contribution in [0.2, 0.25) is 6.82 Å². The molecule has 0 amide bonds. The summed E-state index contributed by atoms with van der Waals surface area (Å²) in [6.45, 7) is 2.13. The molecule has 2 atom stereocenters. The lowest BCUT2D eigenvalue weighted by molar-refractivity contribution is 0.214. The first kappa shape index (κ1) is 8.51. The minimum atomic E-state index is 0.262. The van der Waals surface area contributed by atoms with Gasteiger partial charge in [0.05, 0.1) is 12.1 Å². The molecule has 3 rings (SSSR count). The second-order valence-electron chi connectivity index (χ2n) is 4.29. The van der Waals surface area contributed by atoms with Gasteiger partial charge in [0.1, 0.15) is 0 Å². The van der Waals surface area contributed by atoms with Gasteiger partial charge in [0.25, 0.3) is 0 Å². The highest BCUT2D eigenvalue weighted by molar-refractivity contribution is 6.47. The van der Waals surface area contributed by atoms with Crippen LogP contribution in [0.4, 0.5) is 0 Å². The van der Waals surface area contributed by atoms with Crippen molar-refractivity contribution in [2.24, 2.45) is 0 Å². The fourth-order valence-electron chi connectivity index (χ4n) is 2.72. The van der Waals surface area contributed by atoms with Crippen LogP contribution in [0.1, 0.15) is 17.2 Å². The van der Waals surface area contributed by atoms with Gasteiger partial charge in [-0.2, -0.15) is 0 Å². The van der Waals surface area contributed by atoms with Crippen LogP contribution >= 0.6 is 0 Å². The molecule has 1 heterocycles. The van der Waals surface area contributed by atoms with Crippen LogP contribution < -0.4 is 0 Å². The van der Waals surface area contributed by atoms with Crippen molar-refractivity contribution < 1.29 is 4.65 Å². The third-order valence-electron chi connectivity index (χ3n) is 3.53. The molecule has 0 unspecified atom stereocenters. The Bertz CT molecular complexity index is 368. The van der Waals surface area contributed by atoms with Gasteiger partial charge < -0.3 is 9.47 Å². The van der Waals surface area contributed by atoms with Gasteiger partial charge in [-0.25, -0.2) is 0 Å². The van der Waals surface area contributed by atoms with E-state index in [0.29, 0.717) is 12.1 Å². The molecule has 0 aromatic heterocycles. The highest BCUT2D eigenvalue weighted by atomic mass is 16.5. The summed E-state index contributed by atoms with van der Waals surface area (Å²) in [6.07, 6.45) is 1.46. The maximum Gasteiger partial charge on any atom is 0.379 e. The number of benzene rings is 1. The molecule has 1 aliphatic heterocycles. The lowest BCUT2D eigenvalue weighted by Crippen LogP contribution is -2.29. The minimum absolute atomic E-state index is 0.262. The van der Waals surface area contributed by atoms with Crippen LogP contribution in [0.15, 0.2) is 24.3 Å². The van der Waals surface area contributed by atoms with Crippen LogP contribution in [0.25, 0.3) is 0 Å². The van der Waals surface area contributed by atoms with Crippen LogP contribution in [-0.2, 0) is 11.1 Å². The smallest absolute Gasteiger partial charge is 0.379 e. The topological polar surface area (TPSA) is 12.5 Å². The van der Waals surface area contributed by atoms with Crippen molar-refractivity contribution in [2.75, 3.05) is 7.05 Å². The second kappa shape index (κ2) is 2.85. The summed E-state index contributed by atoms with van der Waals surface area (Å²) in [5.41, 5.74) is 2.92. The maximum atomic E-state index is 5.91. The molecule has 3 heteroatoms. The molecule has 0 radical (unpaired) electrons. The largest absolute Gasteiger partial charge is 0.416 e. The third kappa shape index (κ3) is 0.997. The van der Waals surface area contributed by atoms with Gasteiger partial charge in [-0.15, -0.1) is 0 Å². The zero-order valence-corrected chi connectivity index (χ0v) is 8.60. The van der Waals surface area contributed by atoms with Crippen LogP contribution in [0.5, 0.6) is 0 Å². The Labute approximate surface area is 85.0 Å². The summed E-state index contributed by atoms with van der Waals surface area (Å²) in [5.74, 6) is 0. The van der Waals surface area contributed by atoms with Crippen molar-refractivity contribution in [1.82, 2.24) is 4.81 Å². The fraction of sp³-hybridized carbons (Fsp3) is 0.455. The predicted molar refractivity (Wildman–Crippen MR) is 57.1 cm³/mol. The standard InChI is InChI=1S/C11H14BNO/c1-12-13(2)11-9-6-4-3-5-8(9)7-10(11)14-12/h3-6,10-11H,7H2,1-2H3/t10-,11+/m0/s1. The Kier molecular flexibility index (Phi) is 1.73. The van der Waals surface area contributed by atoms with E-state index in [1.165, 1.54) is 11.1 Å². The van der Waals surface area contributed by atoms with E-state index in [1.807, 2.05) is 0 Å². The molecule has 1 aromatic rings. The number of rotatable bonds is 0.